The number of anilines is 1. The van der Waals surface area contributed by atoms with Gasteiger partial charge in [-0.25, -0.2) is 17.9 Å². The molecule has 0 aliphatic heterocycles. The maximum absolute atomic E-state index is 12.1. The van der Waals surface area contributed by atoms with Crippen LogP contribution in [-0.4, -0.2) is 20.4 Å². The fraction of sp³-hybridized carbons (Fsp3) is 0.0667. The van der Waals surface area contributed by atoms with Crippen molar-refractivity contribution in [3.8, 4) is 0 Å². The number of rotatable bonds is 4. The summed E-state index contributed by atoms with van der Waals surface area (Å²) in [5.74, 6) is -0.594. The molecule has 4 N–H and O–H groups in total. The van der Waals surface area contributed by atoms with Crippen molar-refractivity contribution in [2.75, 3.05) is 5.32 Å². The van der Waals surface area contributed by atoms with Gasteiger partial charge in [0, 0.05) is 11.3 Å². The average molecular weight is 333 g/mol. The van der Waals surface area contributed by atoms with Crippen molar-refractivity contribution in [1.82, 2.24) is 4.72 Å². The van der Waals surface area contributed by atoms with Crippen LogP contribution in [0.15, 0.2) is 53.4 Å². The Hall–Kier alpha value is -2.87. The third kappa shape index (κ3) is 4.30. The van der Waals surface area contributed by atoms with E-state index in [0.29, 0.717) is 5.69 Å². The van der Waals surface area contributed by atoms with Gasteiger partial charge in [-0.05, 0) is 43.3 Å². The molecule has 2 aromatic rings. The van der Waals surface area contributed by atoms with Crippen molar-refractivity contribution in [1.29, 1.82) is 0 Å². The summed E-state index contributed by atoms with van der Waals surface area (Å²) in [6.45, 7) is 1.83. The van der Waals surface area contributed by atoms with Crippen LogP contribution in [0.2, 0.25) is 0 Å². The predicted molar refractivity (Wildman–Crippen MR) is 85.5 cm³/mol. The second-order valence-corrected chi connectivity index (χ2v) is 6.50. The normalized spacial score (nSPS) is 10.8. The standard InChI is InChI=1S/C15H15N3O4S/c1-10-2-8-13(9-3-10)23(21,22)18-15(20)17-12-6-4-11(5-7-12)14(16)19/h2-9H,1H3,(H2,16,19)(H2,17,18,20). The Kier molecular flexibility index (Phi) is 4.65. The SMILES string of the molecule is Cc1ccc(S(=O)(=O)NC(=O)Nc2ccc(C(N)=O)cc2)cc1. The molecule has 0 heterocycles. The summed E-state index contributed by atoms with van der Waals surface area (Å²) in [6, 6.07) is 10.9. The maximum atomic E-state index is 12.1. The van der Waals surface area contributed by atoms with Crippen molar-refractivity contribution < 1.29 is 18.0 Å². The maximum Gasteiger partial charge on any atom is 0.333 e. The van der Waals surface area contributed by atoms with Crippen LogP contribution in [0.1, 0.15) is 15.9 Å². The quantitative estimate of drug-likeness (QED) is 0.787. The predicted octanol–water partition coefficient (Wildman–Crippen LogP) is 1.60. The molecule has 0 aliphatic rings. The monoisotopic (exact) mass is 333 g/mol. The highest BCUT2D eigenvalue weighted by molar-refractivity contribution is 7.90. The number of aryl methyl sites for hydroxylation is 1. The number of primary amides is 1. The van der Waals surface area contributed by atoms with Gasteiger partial charge < -0.3 is 11.1 Å². The number of hydrogen-bond acceptors (Lipinski definition) is 4. The molecule has 120 valence electrons. The number of carbonyl (C=O) groups excluding carboxylic acids is 2. The van der Waals surface area contributed by atoms with Crippen molar-refractivity contribution in [2.45, 2.75) is 11.8 Å². The first-order chi connectivity index (χ1) is 10.8. The van der Waals surface area contributed by atoms with E-state index >= 15 is 0 Å². The molecule has 0 radical (unpaired) electrons. The van der Waals surface area contributed by atoms with E-state index in [0.717, 1.165) is 5.56 Å². The van der Waals surface area contributed by atoms with Gasteiger partial charge in [-0.1, -0.05) is 17.7 Å². The molecule has 0 saturated carbocycles. The molecule has 0 aliphatic carbocycles. The Balaban J connectivity index is 2.06. The Bertz CT molecular complexity index is 828. The van der Waals surface area contributed by atoms with Gasteiger partial charge >= 0.3 is 6.03 Å². The van der Waals surface area contributed by atoms with E-state index in [-0.39, 0.29) is 10.5 Å². The Morgan fingerprint density at radius 3 is 2.04 bits per heavy atom. The van der Waals surface area contributed by atoms with Crippen molar-refractivity contribution in [2.24, 2.45) is 5.73 Å². The first-order valence-corrected chi connectivity index (χ1v) is 8.06. The number of nitrogens with one attached hydrogen (secondary N) is 2. The molecule has 2 aromatic carbocycles. The number of benzene rings is 2. The largest absolute Gasteiger partial charge is 0.366 e. The van der Waals surface area contributed by atoms with E-state index < -0.39 is 22.0 Å². The lowest BCUT2D eigenvalue weighted by Crippen LogP contribution is -2.34. The highest BCUT2D eigenvalue weighted by Gasteiger charge is 2.17. The summed E-state index contributed by atoms with van der Waals surface area (Å²) in [5, 5.41) is 2.36. The summed E-state index contributed by atoms with van der Waals surface area (Å²) in [7, 11) is -3.95. The molecule has 0 fully saturated rings. The summed E-state index contributed by atoms with van der Waals surface area (Å²) in [5.41, 5.74) is 6.62. The van der Waals surface area contributed by atoms with Crippen LogP contribution in [0.4, 0.5) is 10.5 Å². The van der Waals surface area contributed by atoms with Gasteiger partial charge in [0.1, 0.15) is 0 Å². The molecular formula is C15H15N3O4S. The molecule has 23 heavy (non-hydrogen) atoms. The van der Waals surface area contributed by atoms with Crippen LogP contribution in [0.5, 0.6) is 0 Å². The fourth-order valence-corrected chi connectivity index (χ4v) is 2.68. The van der Waals surface area contributed by atoms with Gasteiger partial charge in [0.2, 0.25) is 5.91 Å². The zero-order valence-electron chi connectivity index (χ0n) is 12.2. The summed E-state index contributed by atoms with van der Waals surface area (Å²) in [4.78, 5) is 22.7. The van der Waals surface area contributed by atoms with Gasteiger partial charge in [-0.2, -0.15) is 0 Å². The lowest BCUT2D eigenvalue weighted by atomic mass is 10.2. The minimum absolute atomic E-state index is 0.0117. The molecule has 7 nitrogen and oxygen atoms in total. The molecular weight excluding hydrogens is 318 g/mol. The average Bonchev–Trinajstić information content (AvgIpc) is 2.47. The highest BCUT2D eigenvalue weighted by atomic mass is 32.2. The van der Waals surface area contributed by atoms with Crippen molar-refractivity contribution >= 4 is 27.6 Å². The molecule has 0 aromatic heterocycles. The molecule has 0 spiro atoms. The first kappa shape index (κ1) is 16.5. The Morgan fingerprint density at radius 2 is 1.52 bits per heavy atom. The summed E-state index contributed by atoms with van der Waals surface area (Å²) in [6.07, 6.45) is 0. The second kappa shape index (κ2) is 6.49. The molecule has 0 unspecified atom stereocenters. The van der Waals surface area contributed by atoms with E-state index in [9.17, 15) is 18.0 Å². The summed E-state index contributed by atoms with van der Waals surface area (Å²) >= 11 is 0. The van der Waals surface area contributed by atoms with Crippen LogP contribution in [-0.2, 0) is 10.0 Å². The van der Waals surface area contributed by atoms with E-state index in [4.69, 9.17) is 5.73 Å². The van der Waals surface area contributed by atoms with Gasteiger partial charge in [0.05, 0.1) is 4.90 Å². The number of amides is 3. The number of carbonyl (C=O) groups is 2. The van der Waals surface area contributed by atoms with Crippen molar-refractivity contribution in [3.63, 3.8) is 0 Å². The highest BCUT2D eigenvalue weighted by Crippen LogP contribution is 2.12. The minimum atomic E-state index is -3.95. The number of nitrogens with two attached hydrogens (primary N) is 1. The molecule has 3 amide bonds. The Morgan fingerprint density at radius 1 is 0.957 bits per heavy atom. The first-order valence-electron chi connectivity index (χ1n) is 6.58. The van der Waals surface area contributed by atoms with Crippen LogP contribution in [0, 0.1) is 6.92 Å². The smallest absolute Gasteiger partial charge is 0.333 e. The van der Waals surface area contributed by atoms with E-state index in [1.165, 1.54) is 36.4 Å². The minimum Gasteiger partial charge on any atom is -0.366 e. The van der Waals surface area contributed by atoms with Crippen LogP contribution >= 0.6 is 0 Å². The van der Waals surface area contributed by atoms with Gasteiger partial charge in [0.25, 0.3) is 10.0 Å². The van der Waals surface area contributed by atoms with Gasteiger partial charge in [-0.3, -0.25) is 4.79 Å². The van der Waals surface area contributed by atoms with E-state index in [1.54, 1.807) is 12.1 Å². The number of hydrogen-bond donors (Lipinski definition) is 3. The zero-order valence-corrected chi connectivity index (χ0v) is 13.1. The molecule has 0 bridgehead atoms. The molecule has 8 heteroatoms. The molecule has 0 saturated heterocycles. The topological polar surface area (TPSA) is 118 Å². The van der Waals surface area contributed by atoms with Gasteiger partial charge in [0.15, 0.2) is 0 Å². The third-order valence-corrected chi connectivity index (χ3v) is 4.33. The van der Waals surface area contributed by atoms with E-state index in [1.807, 2.05) is 11.6 Å². The molecule has 2 rings (SSSR count). The lowest BCUT2D eigenvalue weighted by Gasteiger charge is -2.09. The number of sulfonamides is 1. The zero-order chi connectivity index (χ0) is 17.0. The lowest BCUT2D eigenvalue weighted by molar-refractivity contribution is 0.100. The number of urea groups is 1. The second-order valence-electron chi connectivity index (χ2n) is 4.81. The van der Waals surface area contributed by atoms with Gasteiger partial charge in [-0.15, -0.1) is 0 Å². The van der Waals surface area contributed by atoms with E-state index in [2.05, 4.69) is 5.32 Å². The fourth-order valence-electron chi connectivity index (χ4n) is 1.77. The van der Waals surface area contributed by atoms with Crippen LogP contribution < -0.4 is 15.8 Å². The van der Waals surface area contributed by atoms with Crippen LogP contribution in [0.3, 0.4) is 0 Å². The Labute approximate surface area is 133 Å². The molecule has 0 atom stereocenters. The van der Waals surface area contributed by atoms with Crippen LogP contribution in [0.25, 0.3) is 0 Å². The third-order valence-electron chi connectivity index (χ3n) is 2.99. The van der Waals surface area contributed by atoms with Crippen molar-refractivity contribution in [3.05, 3.63) is 59.7 Å². The summed E-state index contributed by atoms with van der Waals surface area (Å²) < 4.78 is 26.0.